The van der Waals surface area contributed by atoms with Crippen molar-refractivity contribution >= 4 is 99.5 Å². The first kappa shape index (κ1) is 33.6. The number of anilines is 6. The Bertz CT molecular complexity index is 3400. The van der Waals surface area contributed by atoms with Crippen LogP contribution < -0.4 is 9.80 Å². The summed E-state index contributed by atoms with van der Waals surface area (Å²) in [6.07, 6.45) is 0. The molecular formula is C56H40N2O2. The van der Waals surface area contributed by atoms with Crippen LogP contribution in [0.2, 0.25) is 0 Å². The molecule has 0 amide bonds. The summed E-state index contributed by atoms with van der Waals surface area (Å²) in [7, 11) is 0. The molecule has 13 rings (SSSR count). The molecule has 0 atom stereocenters. The zero-order valence-electron chi connectivity index (χ0n) is 33.9. The molecule has 2 aliphatic heterocycles. The van der Waals surface area contributed by atoms with Gasteiger partial charge in [-0.3, -0.25) is 0 Å². The summed E-state index contributed by atoms with van der Waals surface area (Å²) in [6.45, 7) is 9.33. The maximum absolute atomic E-state index is 7.12. The first-order chi connectivity index (χ1) is 29.3. The molecule has 0 fully saturated rings. The summed E-state index contributed by atoms with van der Waals surface area (Å²) in [5.41, 5.74) is 14.8. The van der Waals surface area contributed by atoms with Crippen molar-refractivity contribution in [2.24, 2.45) is 0 Å². The Morgan fingerprint density at radius 2 is 0.750 bits per heavy atom. The first-order valence-corrected chi connectivity index (χ1v) is 20.9. The van der Waals surface area contributed by atoms with E-state index < -0.39 is 0 Å². The largest absolute Gasteiger partial charge is 0.456 e. The van der Waals surface area contributed by atoms with E-state index in [9.17, 15) is 0 Å². The molecule has 0 saturated heterocycles. The van der Waals surface area contributed by atoms with Crippen LogP contribution in [0.3, 0.4) is 0 Å². The van der Waals surface area contributed by atoms with Crippen molar-refractivity contribution in [2.45, 2.75) is 38.5 Å². The summed E-state index contributed by atoms with van der Waals surface area (Å²) in [4.78, 5) is 4.83. The number of rotatable bonds is 2. The molecule has 0 bridgehead atoms. The van der Waals surface area contributed by atoms with E-state index in [-0.39, 0.29) is 10.8 Å². The Balaban J connectivity index is 1.02. The maximum Gasteiger partial charge on any atom is 0.141 e. The first-order valence-electron chi connectivity index (χ1n) is 20.9. The molecule has 4 heteroatoms. The molecule has 0 saturated carbocycles. The van der Waals surface area contributed by atoms with Crippen LogP contribution in [0.1, 0.15) is 49.9 Å². The quantitative estimate of drug-likeness (QED) is 0.175. The molecule has 4 nitrogen and oxygen atoms in total. The van der Waals surface area contributed by atoms with Gasteiger partial charge in [0, 0.05) is 54.9 Å². The number of hydrogen-bond donors (Lipinski definition) is 0. The van der Waals surface area contributed by atoms with Gasteiger partial charge < -0.3 is 18.6 Å². The molecule has 9 aromatic carbocycles. The highest BCUT2D eigenvalue weighted by Crippen LogP contribution is 2.57. The lowest BCUT2D eigenvalue weighted by Gasteiger charge is -2.42. The van der Waals surface area contributed by atoms with Crippen molar-refractivity contribution in [3.8, 4) is 0 Å². The van der Waals surface area contributed by atoms with Gasteiger partial charge in [0.05, 0.1) is 22.7 Å². The average Bonchev–Trinajstić information content (AvgIpc) is 3.82. The smallest absolute Gasteiger partial charge is 0.141 e. The second kappa shape index (κ2) is 11.7. The van der Waals surface area contributed by atoms with E-state index >= 15 is 0 Å². The molecule has 0 unspecified atom stereocenters. The fourth-order valence-electron chi connectivity index (χ4n) is 10.8. The van der Waals surface area contributed by atoms with Gasteiger partial charge in [-0.05, 0) is 105 Å². The van der Waals surface area contributed by atoms with Crippen LogP contribution >= 0.6 is 0 Å². The summed E-state index contributed by atoms with van der Waals surface area (Å²) < 4.78 is 14.2. The maximum atomic E-state index is 7.12. The Kier molecular flexibility index (Phi) is 6.55. The SMILES string of the molecule is CC1(C)c2ccccc2N(c2ccc3ccccc3c2)c2ccc3c(oc4cc5c(cc43)oc3c4c(ccc35)N(c3ccc5ccccc5c3)c3ccccc3C4(C)C)c21. The van der Waals surface area contributed by atoms with Crippen LogP contribution in [0.25, 0.3) is 65.4 Å². The summed E-state index contributed by atoms with van der Waals surface area (Å²) in [6, 6.07) is 61.8. The van der Waals surface area contributed by atoms with Crippen molar-refractivity contribution < 1.29 is 8.83 Å². The van der Waals surface area contributed by atoms with Gasteiger partial charge in [0.15, 0.2) is 0 Å². The molecule has 0 N–H and O–H groups in total. The van der Waals surface area contributed by atoms with E-state index in [0.29, 0.717) is 0 Å². The highest BCUT2D eigenvalue weighted by atomic mass is 16.3. The second-order valence-electron chi connectivity index (χ2n) is 17.7. The third-order valence-electron chi connectivity index (χ3n) is 13.7. The molecule has 0 radical (unpaired) electrons. The lowest BCUT2D eigenvalue weighted by molar-refractivity contribution is 0.600. The third-order valence-corrected chi connectivity index (χ3v) is 13.7. The van der Waals surface area contributed by atoms with Crippen LogP contribution in [-0.4, -0.2) is 0 Å². The van der Waals surface area contributed by atoms with Gasteiger partial charge in [-0.2, -0.15) is 0 Å². The zero-order chi connectivity index (χ0) is 40.1. The van der Waals surface area contributed by atoms with E-state index in [4.69, 9.17) is 8.83 Å². The van der Waals surface area contributed by atoms with E-state index in [0.717, 1.165) is 66.6 Å². The minimum Gasteiger partial charge on any atom is -0.456 e. The Morgan fingerprint density at radius 3 is 1.20 bits per heavy atom. The van der Waals surface area contributed by atoms with Crippen molar-refractivity contribution in [1.82, 2.24) is 0 Å². The lowest BCUT2D eigenvalue weighted by atomic mass is 9.73. The predicted molar refractivity (Wildman–Crippen MR) is 250 cm³/mol. The normalized spacial score (nSPS) is 15.2. The van der Waals surface area contributed by atoms with Crippen LogP contribution in [-0.2, 0) is 10.8 Å². The highest BCUT2D eigenvalue weighted by Gasteiger charge is 2.41. The van der Waals surface area contributed by atoms with Gasteiger partial charge >= 0.3 is 0 Å². The Morgan fingerprint density at radius 1 is 0.350 bits per heavy atom. The van der Waals surface area contributed by atoms with Gasteiger partial charge in [0.2, 0.25) is 0 Å². The molecule has 0 spiro atoms. The summed E-state index contributed by atoms with van der Waals surface area (Å²) in [5.74, 6) is 0. The van der Waals surface area contributed by atoms with Crippen LogP contribution in [0.5, 0.6) is 0 Å². The molecule has 60 heavy (non-hydrogen) atoms. The van der Waals surface area contributed by atoms with Crippen LogP contribution in [0.4, 0.5) is 34.1 Å². The van der Waals surface area contributed by atoms with Crippen molar-refractivity contribution in [3.63, 3.8) is 0 Å². The molecule has 0 aliphatic carbocycles. The fraction of sp³-hybridized carbons (Fsp3) is 0.107. The molecule has 2 aliphatic rings. The van der Waals surface area contributed by atoms with Gasteiger partial charge in [-0.15, -0.1) is 0 Å². The highest BCUT2D eigenvalue weighted by molar-refractivity contribution is 6.17. The molecular weight excluding hydrogens is 733 g/mol. The van der Waals surface area contributed by atoms with Crippen molar-refractivity contribution in [1.29, 1.82) is 0 Å². The number of fused-ring (bicyclic) bond motifs is 14. The van der Waals surface area contributed by atoms with E-state index in [2.05, 4.69) is 207 Å². The van der Waals surface area contributed by atoms with Gasteiger partial charge in [-0.25, -0.2) is 0 Å². The Labute approximate surface area is 347 Å². The van der Waals surface area contributed by atoms with Crippen molar-refractivity contribution in [3.05, 3.63) is 192 Å². The lowest BCUT2D eigenvalue weighted by Crippen LogP contribution is -2.30. The molecule has 11 aromatic rings. The molecule has 286 valence electrons. The minimum absolute atomic E-state index is 0.323. The monoisotopic (exact) mass is 772 g/mol. The summed E-state index contributed by atoms with van der Waals surface area (Å²) >= 11 is 0. The molecule has 4 heterocycles. The summed E-state index contributed by atoms with van der Waals surface area (Å²) in [5, 5.41) is 9.19. The number of para-hydroxylation sites is 2. The number of nitrogens with zero attached hydrogens (tertiary/aromatic N) is 2. The van der Waals surface area contributed by atoms with Gasteiger partial charge in [0.25, 0.3) is 0 Å². The Hall–Kier alpha value is -7.30. The second-order valence-corrected chi connectivity index (χ2v) is 17.7. The average molecular weight is 773 g/mol. The van der Waals surface area contributed by atoms with E-state index in [1.807, 2.05) is 0 Å². The number of hydrogen-bond acceptors (Lipinski definition) is 4. The van der Waals surface area contributed by atoms with Crippen LogP contribution in [0, 0.1) is 0 Å². The standard InChI is InChI=1S/C56H40N2O2/c1-55(2)43-17-9-11-19-45(43)57(37-23-21-33-13-5-7-15-35(33)29-37)47-27-25-39-41-31-50-42(32-49(41)59-53(39)51(47)55)40-26-28-48-52(54(40)60-50)56(3,4)44-18-10-12-20-46(44)58(48)38-24-22-34-14-6-8-16-36(34)30-38/h5-32H,1-4H3. The fourth-order valence-corrected chi connectivity index (χ4v) is 10.8. The van der Waals surface area contributed by atoms with Gasteiger partial charge in [-0.1, -0.05) is 125 Å². The minimum atomic E-state index is -0.323. The number of furan rings is 2. The van der Waals surface area contributed by atoms with Gasteiger partial charge in [0.1, 0.15) is 22.3 Å². The topological polar surface area (TPSA) is 32.8 Å². The van der Waals surface area contributed by atoms with E-state index in [1.165, 1.54) is 55.2 Å². The third kappa shape index (κ3) is 4.40. The number of benzene rings is 9. The van der Waals surface area contributed by atoms with Crippen LogP contribution in [0.15, 0.2) is 179 Å². The van der Waals surface area contributed by atoms with Crippen molar-refractivity contribution in [2.75, 3.05) is 9.80 Å². The van der Waals surface area contributed by atoms with E-state index in [1.54, 1.807) is 0 Å². The zero-order valence-corrected chi connectivity index (χ0v) is 33.9. The molecule has 2 aromatic heterocycles. The predicted octanol–water partition coefficient (Wildman–Crippen LogP) is 16.0.